The molecule has 11 heteroatoms. The van der Waals surface area contributed by atoms with Crippen LogP contribution in [-0.2, 0) is 4.84 Å². The number of benzene rings is 2. The Labute approximate surface area is 209 Å². The minimum absolute atomic E-state index is 0.0473. The van der Waals surface area contributed by atoms with Crippen LogP contribution in [0.25, 0.3) is 10.9 Å². The molecule has 1 aromatic heterocycles. The number of methoxy groups -OCH3 is 2. The van der Waals surface area contributed by atoms with E-state index < -0.39 is 35.0 Å². The summed E-state index contributed by atoms with van der Waals surface area (Å²) in [5.74, 6) is -1.60. The molecule has 3 aliphatic rings. The van der Waals surface area contributed by atoms with E-state index in [0.29, 0.717) is 18.8 Å². The normalized spacial score (nSPS) is 24.0. The van der Waals surface area contributed by atoms with Crippen LogP contribution in [0, 0.1) is 11.7 Å². The van der Waals surface area contributed by atoms with Crippen LogP contribution in [0.4, 0.5) is 14.5 Å². The van der Waals surface area contributed by atoms with Crippen molar-refractivity contribution in [2.24, 2.45) is 11.1 Å². The molecule has 1 aliphatic carbocycles. The molecule has 0 amide bonds. The lowest BCUT2D eigenvalue weighted by Gasteiger charge is -2.25. The maximum atomic E-state index is 15.7. The number of fused-ring (bicyclic) bond motifs is 2. The Bertz CT molecular complexity index is 1520. The van der Waals surface area contributed by atoms with Crippen LogP contribution in [0.3, 0.4) is 0 Å². The van der Waals surface area contributed by atoms with Gasteiger partial charge in [0.25, 0.3) is 0 Å². The maximum Gasteiger partial charge on any atom is 0.341 e. The molecule has 0 radical (unpaired) electrons. The summed E-state index contributed by atoms with van der Waals surface area (Å²) in [7, 11) is 2.93. The number of hydrogen-bond acceptors (Lipinski definition) is 7. The summed E-state index contributed by atoms with van der Waals surface area (Å²) in [4.78, 5) is 32.1. The fourth-order valence-electron chi connectivity index (χ4n) is 5.33. The zero-order valence-electron chi connectivity index (χ0n) is 20.0. The van der Waals surface area contributed by atoms with E-state index in [4.69, 9.17) is 14.3 Å². The van der Waals surface area contributed by atoms with E-state index in [1.165, 1.54) is 11.7 Å². The molecule has 37 heavy (non-hydrogen) atoms. The summed E-state index contributed by atoms with van der Waals surface area (Å²) in [6, 6.07) is 7.76. The highest BCUT2D eigenvalue weighted by molar-refractivity contribution is 6.04. The Kier molecular flexibility index (Phi) is 5.32. The summed E-state index contributed by atoms with van der Waals surface area (Å²) in [5, 5.41) is 13.6. The van der Waals surface area contributed by atoms with E-state index in [0.717, 1.165) is 23.5 Å². The Morgan fingerprint density at radius 1 is 1.19 bits per heavy atom. The van der Waals surface area contributed by atoms with Crippen molar-refractivity contribution in [3.05, 3.63) is 63.7 Å². The third-order valence-corrected chi connectivity index (χ3v) is 7.28. The lowest BCUT2D eigenvalue weighted by molar-refractivity contribution is 0.0694. The molecule has 0 bridgehead atoms. The summed E-state index contributed by atoms with van der Waals surface area (Å²) in [6.07, 6.45) is -0.242. The van der Waals surface area contributed by atoms with Gasteiger partial charge in [0.15, 0.2) is 17.7 Å². The lowest BCUT2D eigenvalue weighted by Crippen LogP contribution is -2.26. The number of carboxylic acids is 1. The van der Waals surface area contributed by atoms with Crippen molar-refractivity contribution >= 4 is 28.3 Å². The zero-order valence-corrected chi connectivity index (χ0v) is 20.0. The van der Waals surface area contributed by atoms with Crippen LogP contribution >= 0.6 is 0 Å². The number of aromatic nitrogens is 1. The SMILES string of the molecule is COc1ccc(C2=NO[C@@H]3CN(c4c(F)cc5c(=O)c(C(=O)O)cn([C@@H]6C[C@@H]6F)c5c4OC)C[C@H]23)cc1. The predicted octanol–water partition coefficient (Wildman–Crippen LogP) is 3.38. The topological polar surface area (TPSA) is 103 Å². The molecule has 2 aromatic carbocycles. The fourth-order valence-corrected chi connectivity index (χ4v) is 5.33. The zero-order chi connectivity index (χ0) is 26.0. The molecule has 2 fully saturated rings. The van der Waals surface area contributed by atoms with Gasteiger partial charge in [-0.05, 0) is 30.3 Å². The van der Waals surface area contributed by atoms with Crippen molar-refractivity contribution in [3.63, 3.8) is 0 Å². The van der Waals surface area contributed by atoms with Crippen LogP contribution in [0.5, 0.6) is 11.5 Å². The number of pyridine rings is 1. The Hall–Kier alpha value is -4.15. The van der Waals surface area contributed by atoms with Crippen molar-refractivity contribution in [1.29, 1.82) is 0 Å². The number of carbonyl (C=O) groups is 1. The molecule has 1 N–H and O–H groups in total. The molecule has 192 valence electrons. The minimum Gasteiger partial charge on any atom is -0.497 e. The summed E-state index contributed by atoms with van der Waals surface area (Å²) < 4.78 is 42.0. The first-order chi connectivity index (χ1) is 17.8. The van der Waals surface area contributed by atoms with Gasteiger partial charge in [-0.2, -0.15) is 0 Å². The number of ether oxygens (including phenoxy) is 2. The quantitative estimate of drug-likeness (QED) is 0.541. The number of aromatic carboxylic acids is 1. The summed E-state index contributed by atoms with van der Waals surface area (Å²) in [5.41, 5.74) is 0.463. The van der Waals surface area contributed by atoms with Gasteiger partial charge < -0.3 is 28.9 Å². The van der Waals surface area contributed by atoms with Gasteiger partial charge in [0.2, 0.25) is 5.43 Å². The molecule has 2 aliphatic heterocycles. The molecule has 9 nitrogen and oxygen atoms in total. The van der Waals surface area contributed by atoms with Gasteiger partial charge in [0, 0.05) is 24.7 Å². The summed E-state index contributed by atoms with van der Waals surface area (Å²) >= 11 is 0. The number of alkyl halides is 1. The van der Waals surface area contributed by atoms with Gasteiger partial charge in [-0.15, -0.1) is 0 Å². The van der Waals surface area contributed by atoms with E-state index in [9.17, 15) is 19.1 Å². The third-order valence-electron chi connectivity index (χ3n) is 7.28. The Morgan fingerprint density at radius 3 is 2.54 bits per heavy atom. The standard InChI is InChI=1S/C26H23F2N3O6/c1-35-13-5-3-12(4-6-13)21-15-9-30(11-20(15)37-29-21)23-18(28)7-14-22(25(23)36-2)31(19-8-17(19)27)10-16(24(14)32)26(33)34/h3-7,10,15,17,19-20H,8-9,11H2,1-2H3,(H,33,34)/t15-,17-,19+,20+/m0/s1. The van der Waals surface area contributed by atoms with Gasteiger partial charge >= 0.3 is 5.97 Å². The Balaban J connectivity index is 1.44. The fraction of sp³-hybridized carbons (Fsp3) is 0.346. The summed E-state index contributed by atoms with van der Waals surface area (Å²) in [6.45, 7) is 0.667. The van der Waals surface area contributed by atoms with Crippen LogP contribution in [-0.4, -0.2) is 60.9 Å². The lowest BCUT2D eigenvalue weighted by atomic mass is 9.95. The minimum atomic E-state index is -1.46. The molecule has 3 aromatic rings. The number of carboxylic acid groups (broad SMARTS) is 1. The van der Waals surface area contributed by atoms with E-state index in [1.54, 1.807) is 12.0 Å². The molecular weight excluding hydrogens is 488 g/mol. The van der Waals surface area contributed by atoms with Crippen molar-refractivity contribution < 1.29 is 33.0 Å². The van der Waals surface area contributed by atoms with Gasteiger partial charge in [-0.3, -0.25) is 4.79 Å². The highest BCUT2D eigenvalue weighted by Crippen LogP contribution is 2.46. The van der Waals surface area contributed by atoms with Gasteiger partial charge in [0.05, 0.1) is 49.3 Å². The highest BCUT2D eigenvalue weighted by atomic mass is 19.1. The van der Waals surface area contributed by atoms with E-state index in [-0.39, 0.29) is 40.8 Å². The molecule has 0 spiro atoms. The third kappa shape index (κ3) is 3.59. The number of oxime groups is 1. The first kappa shape index (κ1) is 23.3. The Morgan fingerprint density at radius 2 is 1.92 bits per heavy atom. The second-order valence-corrected chi connectivity index (χ2v) is 9.40. The molecular formula is C26H23F2N3O6. The molecule has 4 atom stereocenters. The van der Waals surface area contributed by atoms with Crippen LogP contribution < -0.4 is 19.8 Å². The van der Waals surface area contributed by atoms with Crippen LogP contribution in [0.1, 0.15) is 28.4 Å². The predicted molar refractivity (Wildman–Crippen MR) is 130 cm³/mol. The van der Waals surface area contributed by atoms with Crippen molar-refractivity contribution in [2.45, 2.75) is 24.7 Å². The molecule has 6 rings (SSSR count). The highest BCUT2D eigenvalue weighted by Gasteiger charge is 2.45. The average Bonchev–Trinajstić information content (AvgIpc) is 3.28. The first-order valence-electron chi connectivity index (χ1n) is 11.8. The molecule has 1 saturated carbocycles. The number of hydrogen-bond donors (Lipinski definition) is 1. The average molecular weight is 511 g/mol. The number of anilines is 1. The van der Waals surface area contributed by atoms with Gasteiger partial charge in [-0.1, -0.05) is 5.16 Å². The van der Waals surface area contributed by atoms with E-state index in [1.807, 2.05) is 24.3 Å². The van der Waals surface area contributed by atoms with Gasteiger partial charge in [-0.25, -0.2) is 13.6 Å². The molecule has 1 saturated heterocycles. The first-order valence-corrected chi connectivity index (χ1v) is 11.8. The number of nitrogens with zero attached hydrogens (tertiary/aromatic N) is 3. The van der Waals surface area contributed by atoms with Crippen molar-refractivity contribution in [3.8, 4) is 11.5 Å². The van der Waals surface area contributed by atoms with Gasteiger partial charge in [0.1, 0.15) is 23.2 Å². The molecule has 3 heterocycles. The van der Waals surface area contributed by atoms with Crippen LogP contribution in [0.2, 0.25) is 0 Å². The smallest absolute Gasteiger partial charge is 0.341 e. The van der Waals surface area contributed by atoms with E-state index in [2.05, 4.69) is 5.16 Å². The number of rotatable bonds is 6. The van der Waals surface area contributed by atoms with E-state index >= 15 is 4.39 Å². The second-order valence-electron chi connectivity index (χ2n) is 9.40. The monoisotopic (exact) mass is 511 g/mol. The van der Waals surface area contributed by atoms with Crippen LogP contribution in [0.15, 0.2) is 46.5 Å². The van der Waals surface area contributed by atoms with Crippen molar-refractivity contribution in [2.75, 3.05) is 32.2 Å². The number of halogens is 2. The largest absolute Gasteiger partial charge is 0.497 e. The molecule has 0 unspecified atom stereocenters. The second kappa shape index (κ2) is 8.46. The maximum absolute atomic E-state index is 15.7. The van der Waals surface area contributed by atoms with Crippen molar-refractivity contribution in [1.82, 2.24) is 4.57 Å².